The van der Waals surface area contributed by atoms with Crippen molar-refractivity contribution in [1.29, 1.82) is 0 Å². The fraction of sp³-hybridized carbons (Fsp3) is 0.273. The molecule has 0 aliphatic rings. The summed E-state index contributed by atoms with van der Waals surface area (Å²) in [5.41, 5.74) is 0.661. The fourth-order valence-corrected chi connectivity index (χ4v) is 1.25. The lowest BCUT2D eigenvalue weighted by Crippen LogP contribution is -2.36. The van der Waals surface area contributed by atoms with E-state index in [1.165, 1.54) is 12.1 Å². The number of carboxylic acids is 1. The molecule has 0 aliphatic heterocycles. The van der Waals surface area contributed by atoms with Crippen LogP contribution in [-0.2, 0) is 4.79 Å². The largest absolute Gasteiger partial charge is 0.479 e. The van der Waals surface area contributed by atoms with E-state index in [9.17, 15) is 14.0 Å². The van der Waals surface area contributed by atoms with Gasteiger partial charge in [0.25, 0.3) is 5.91 Å². The lowest BCUT2D eigenvalue weighted by Gasteiger charge is -2.08. The Balaban J connectivity index is 2.67. The van der Waals surface area contributed by atoms with Crippen LogP contribution in [0.1, 0.15) is 15.9 Å². The van der Waals surface area contributed by atoms with E-state index in [0.29, 0.717) is 5.56 Å². The normalized spacial score (nSPS) is 11.9. The van der Waals surface area contributed by atoms with Crippen molar-refractivity contribution in [2.75, 3.05) is 6.54 Å². The number of halogens is 1. The number of aliphatic carboxylic acids is 1. The van der Waals surface area contributed by atoms with Crippen LogP contribution in [-0.4, -0.2) is 34.7 Å². The van der Waals surface area contributed by atoms with Crippen molar-refractivity contribution in [2.24, 2.45) is 0 Å². The number of amides is 1. The average Bonchev–Trinajstić information content (AvgIpc) is 2.23. The molecule has 1 amide bonds. The number of hydrogen-bond acceptors (Lipinski definition) is 3. The number of carbonyl (C=O) groups is 2. The zero-order valence-corrected chi connectivity index (χ0v) is 9.11. The number of aliphatic hydroxyl groups excluding tert-OH is 1. The van der Waals surface area contributed by atoms with E-state index >= 15 is 0 Å². The standard InChI is InChI=1S/C11H12FNO4/c1-6-2-7(4-8(12)3-6)10(15)13-5-9(14)11(16)17/h2-4,9,14H,5H2,1H3,(H,13,15)(H,16,17)/t9-/m0/s1. The molecule has 0 fully saturated rings. The zero-order valence-electron chi connectivity index (χ0n) is 9.11. The van der Waals surface area contributed by atoms with Crippen molar-refractivity contribution in [1.82, 2.24) is 5.32 Å². The Morgan fingerprint density at radius 1 is 1.41 bits per heavy atom. The van der Waals surface area contributed by atoms with Crippen LogP contribution >= 0.6 is 0 Å². The molecule has 0 bridgehead atoms. The molecule has 0 saturated heterocycles. The molecule has 0 radical (unpaired) electrons. The molecule has 0 aromatic heterocycles. The SMILES string of the molecule is Cc1cc(F)cc(C(=O)NC[C@H](O)C(=O)O)c1. The van der Waals surface area contributed by atoms with Crippen molar-refractivity contribution in [2.45, 2.75) is 13.0 Å². The van der Waals surface area contributed by atoms with Gasteiger partial charge in [-0.05, 0) is 30.7 Å². The Morgan fingerprint density at radius 3 is 2.59 bits per heavy atom. The molecular weight excluding hydrogens is 229 g/mol. The maximum atomic E-state index is 13.0. The number of aliphatic hydroxyl groups is 1. The molecule has 0 aliphatic carbocycles. The summed E-state index contributed by atoms with van der Waals surface area (Å²) in [5.74, 6) is -2.61. The molecule has 0 unspecified atom stereocenters. The number of carbonyl (C=O) groups excluding carboxylic acids is 1. The summed E-state index contributed by atoms with van der Waals surface area (Å²) in [4.78, 5) is 21.8. The average molecular weight is 241 g/mol. The number of rotatable bonds is 4. The Bertz CT molecular complexity index is 427. The quantitative estimate of drug-likeness (QED) is 0.708. The Morgan fingerprint density at radius 2 is 2.06 bits per heavy atom. The number of hydrogen-bond donors (Lipinski definition) is 3. The third kappa shape index (κ3) is 3.84. The maximum absolute atomic E-state index is 13.0. The van der Waals surface area contributed by atoms with E-state index < -0.39 is 30.3 Å². The second-order valence-corrected chi connectivity index (χ2v) is 3.58. The number of aryl methyl sites for hydroxylation is 1. The van der Waals surface area contributed by atoms with Crippen molar-refractivity contribution >= 4 is 11.9 Å². The maximum Gasteiger partial charge on any atom is 0.334 e. The summed E-state index contributed by atoms with van der Waals surface area (Å²) >= 11 is 0. The first-order chi connectivity index (χ1) is 7.90. The van der Waals surface area contributed by atoms with Gasteiger partial charge in [0.15, 0.2) is 6.10 Å². The van der Waals surface area contributed by atoms with Crippen LogP contribution < -0.4 is 5.32 Å². The summed E-state index contributed by atoms with van der Waals surface area (Å²) in [6, 6.07) is 3.77. The van der Waals surface area contributed by atoms with Crippen molar-refractivity contribution in [3.8, 4) is 0 Å². The van der Waals surface area contributed by atoms with Gasteiger partial charge in [0.05, 0.1) is 6.54 Å². The molecule has 1 rings (SSSR count). The monoisotopic (exact) mass is 241 g/mol. The first-order valence-corrected chi connectivity index (χ1v) is 4.86. The molecule has 92 valence electrons. The second kappa shape index (κ2) is 5.40. The summed E-state index contributed by atoms with van der Waals surface area (Å²) in [6.07, 6.45) is -1.67. The lowest BCUT2D eigenvalue weighted by molar-refractivity contribution is -0.146. The van der Waals surface area contributed by atoms with Gasteiger partial charge in [-0.1, -0.05) is 0 Å². The van der Waals surface area contributed by atoms with E-state index in [-0.39, 0.29) is 5.56 Å². The molecule has 0 saturated carbocycles. The van der Waals surface area contributed by atoms with Gasteiger partial charge in [-0.15, -0.1) is 0 Å². The van der Waals surface area contributed by atoms with Crippen molar-refractivity contribution in [3.05, 3.63) is 35.1 Å². The molecular formula is C11H12FNO4. The van der Waals surface area contributed by atoms with Gasteiger partial charge >= 0.3 is 5.97 Å². The Hall–Kier alpha value is -1.95. The van der Waals surface area contributed by atoms with Crippen LogP contribution in [0.4, 0.5) is 4.39 Å². The van der Waals surface area contributed by atoms with Crippen LogP contribution in [0.3, 0.4) is 0 Å². The van der Waals surface area contributed by atoms with E-state index in [0.717, 1.165) is 6.07 Å². The molecule has 0 heterocycles. The van der Waals surface area contributed by atoms with Crippen LogP contribution in [0.15, 0.2) is 18.2 Å². The van der Waals surface area contributed by atoms with Gasteiger partial charge in [-0.3, -0.25) is 4.79 Å². The van der Waals surface area contributed by atoms with Crippen molar-refractivity contribution < 1.29 is 24.2 Å². The first kappa shape index (κ1) is 13.1. The van der Waals surface area contributed by atoms with Crippen molar-refractivity contribution in [3.63, 3.8) is 0 Å². The highest BCUT2D eigenvalue weighted by Crippen LogP contribution is 2.08. The highest BCUT2D eigenvalue weighted by atomic mass is 19.1. The zero-order chi connectivity index (χ0) is 13.0. The van der Waals surface area contributed by atoms with Crippen LogP contribution in [0.2, 0.25) is 0 Å². The van der Waals surface area contributed by atoms with Gasteiger partial charge in [0, 0.05) is 5.56 Å². The third-order valence-corrected chi connectivity index (χ3v) is 2.05. The van der Waals surface area contributed by atoms with Gasteiger partial charge in [0.2, 0.25) is 0 Å². The summed E-state index contributed by atoms with van der Waals surface area (Å²) < 4.78 is 13.0. The molecule has 5 nitrogen and oxygen atoms in total. The van der Waals surface area contributed by atoms with Gasteiger partial charge in [0.1, 0.15) is 5.82 Å². The third-order valence-electron chi connectivity index (χ3n) is 2.05. The highest BCUT2D eigenvalue weighted by molar-refractivity contribution is 5.94. The minimum absolute atomic E-state index is 0.0834. The Labute approximate surface area is 96.9 Å². The van der Waals surface area contributed by atoms with E-state index in [1.807, 2.05) is 0 Å². The predicted molar refractivity (Wildman–Crippen MR) is 57.1 cm³/mol. The van der Waals surface area contributed by atoms with Gasteiger partial charge < -0.3 is 15.5 Å². The van der Waals surface area contributed by atoms with Gasteiger partial charge in [-0.25, -0.2) is 9.18 Å². The van der Waals surface area contributed by atoms with Crippen LogP contribution in [0.5, 0.6) is 0 Å². The summed E-state index contributed by atoms with van der Waals surface area (Å²) in [7, 11) is 0. The minimum atomic E-state index is -1.67. The summed E-state index contributed by atoms with van der Waals surface area (Å²) in [5, 5.41) is 19.5. The molecule has 1 aromatic carbocycles. The molecule has 1 aromatic rings. The minimum Gasteiger partial charge on any atom is -0.479 e. The topological polar surface area (TPSA) is 86.6 Å². The van der Waals surface area contributed by atoms with Gasteiger partial charge in [-0.2, -0.15) is 0 Å². The number of nitrogens with one attached hydrogen (secondary N) is 1. The predicted octanol–water partition coefficient (Wildman–Crippen LogP) is 0.309. The van der Waals surface area contributed by atoms with E-state index in [2.05, 4.69) is 5.32 Å². The lowest BCUT2D eigenvalue weighted by atomic mass is 10.1. The molecule has 1 atom stereocenters. The number of benzene rings is 1. The molecule has 3 N–H and O–H groups in total. The fourth-order valence-electron chi connectivity index (χ4n) is 1.25. The Kier molecular flexibility index (Phi) is 4.17. The van der Waals surface area contributed by atoms with E-state index in [4.69, 9.17) is 10.2 Å². The van der Waals surface area contributed by atoms with E-state index in [1.54, 1.807) is 6.92 Å². The number of carboxylic acid groups (broad SMARTS) is 1. The highest BCUT2D eigenvalue weighted by Gasteiger charge is 2.15. The summed E-state index contributed by atoms with van der Waals surface area (Å²) in [6.45, 7) is 1.20. The smallest absolute Gasteiger partial charge is 0.334 e. The van der Waals surface area contributed by atoms with Crippen LogP contribution in [0, 0.1) is 12.7 Å². The second-order valence-electron chi connectivity index (χ2n) is 3.58. The molecule has 17 heavy (non-hydrogen) atoms. The molecule has 0 spiro atoms. The van der Waals surface area contributed by atoms with Crippen LogP contribution in [0.25, 0.3) is 0 Å². The molecule has 6 heteroatoms. The first-order valence-electron chi connectivity index (χ1n) is 4.86.